The van der Waals surface area contributed by atoms with Gasteiger partial charge in [-0.2, -0.15) is 0 Å². The van der Waals surface area contributed by atoms with Crippen molar-refractivity contribution in [2.24, 2.45) is 5.41 Å². The van der Waals surface area contributed by atoms with Gasteiger partial charge in [0, 0.05) is 16.6 Å². The summed E-state index contributed by atoms with van der Waals surface area (Å²) in [6.45, 7) is 3.91. The summed E-state index contributed by atoms with van der Waals surface area (Å²) < 4.78 is 0.664. The first-order valence-corrected chi connectivity index (χ1v) is 7.17. The van der Waals surface area contributed by atoms with Gasteiger partial charge in [0.2, 0.25) is 11.8 Å². The minimum atomic E-state index is -0.544. The van der Waals surface area contributed by atoms with Crippen LogP contribution in [0.1, 0.15) is 33.1 Å². The number of anilines is 2. The van der Waals surface area contributed by atoms with Crippen LogP contribution < -0.4 is 10.6 Å². The molecule has 5 heteroatoms. The Bertz CT molecular complexity index is 538. The van der Waals surface area contributed by atoms with Crippen LogP contribution in [-0.4, -0.2) is 11.8 Å². The van der Waals surface area contributed by atoms with Gasteiger partial charge in [0.1, 0.15) is 0 Å². The van der Waals surface area contributed by atoms with Crippen LogP contribution in [0.15, 0.2) is 22.7 Å². The van der Waals surface area contributed by atoms with Gasteiger partial charge in [-0.15, -0.1) is 0 Å². The minimum absolute atomic E-state index is 0.104. The van der Waals surface area contributed by atoms with Crippen molar-refractivity contribution in [3.8, 4) is 0 Å². The summed E-state index contributed by atoms with van der Waals surface area (Å²) in [6, 6.07) is 5.10. The van der Waals surface area contributed by atoms with Crippen LogP contribution >= 0.6 is 15.9 Å². The van der Waals surface area contributed by atoms with E-state index in [0.717, 1.165) is 0 Å². The number of benzene rings is 1. The summed E-state index contributed by atoms with van der Waals surface area (Å²) in [5, 5.41) is 0. The van der Waals surface area contributed by atoms with Crippen molar-refractivity contribution in [1.29, 1.82) is 0 Å². The maximum absolute atomic E-state index is 12.6. The summed E-state index contributed by atoms with van der Waals surface area (Å²) in [7, 11) is 0. The van der Waals surface area contributed by atoms with Crippen molar-refractivity contribution in [1.82, 2.24) is 0 Å². The Morgan fingerprint density at radius 1 is 1.32 bits per heavy atom. The molecule has 102 valence electrons. The zero-order valence-electron chi connectivity index (χ0n) is 11.1. The molecular weight excluding hydrogens is 308 g/mol. The monoisotopic (exact) mass is 324 g/mol. The molecule has 2 amide bonds. The molecular formula is C14H17BrN2O2. The number of hydrogen-bond donors (Lipinski definition) is 1. The summed E-state index contributed by atoms with van der Waals surface area (Å²) in [4.78, 5) is 26.1. The lowest BCUT2D eigenvalue weighted by Gasteiger charge is -2.24. The van der Waals surface area contributed by atoms with Gasteiger partial charge in [0.25, 0.3) is 0 Å². The molecule has 0 saturated carbocycles. The fraction of sp³-hybridized carbons (Fsp3) is 0.429. The summed E-state index contributed by atoms with van der Waals surface area (Å²) in [5.74, 6) is -0.243. The number of carbonyl (C=O) groups is 2. The molecule has 2 rings (SSSR count). The molecule has 1 aliphatic rings. The maximum Gasteiger partial charge on any atom is 0.240 e. The van der Waals surface area contributed by atoms with E-state index in [4.69, 9.17) is 5.73 Å². The fourth-order valence-electron chi connectivity index (χ4n) is 2.55. The second-order valence-corrected chi connectivity index (χ2v) is 5.76. The van der Waals surface area contributed by atoms with Gasteiger partial charge in [0.15, 0.2) is 0 Å². The van der Waals surface area contributed by atoms with Crippen molar-refractivity contribution in [2.75, 3.05) is 10.6 Å². The number of rotatable bonds is 3. The summed E-state index contributed by atoms with van der Waals surface area (Å²) >= 11 is 3.37. The Kier molecular flexibility index (Phi) is 3.67. The lowest BCUT2D eigenvalue weighted by molar-refractivity contribution is -0.126. The predicted octanol–water partition coefficient (Wildman–Crippen LogP) is 3.10. The molecule has 1 fully saturated rings. The predicted molar refractivity (Wildman–Crippen MR) is 78.7 cm³/mol. The van der Waals surface area contributed by atoms with Gasteiger partial charge in [-0.3, -0.25) is 9.59 Å². The Morgan fingerprint density at radius 2 is 1.95 bits per heavy atom. The van der Waals surface area contributed by atoms with Crippen molar-refractivity contribution < 1.29 is 9.59 Å². The number of nitrogen functional groups attached to an aromatic ring is 1. The third kappa shape index (κ3) is 2.16. The highest BCUT2D eigenvalue weighted by Crippen LogP contribution is 2.43. The first kappa shape index (κ1) is 14.1. The molecule has 0 spiro atoms. The van der Waals surface area contributed by atoms with Gasteiger partial charge in [-0.1, -0.05) is 13.8 Å². The van der Waals surface area contributed by atoms with Crippen molar-refractivity contribution in [2.45, 2.75) is 33.1 Å². The maximum atomic E-state index is 12.6. The standard InChI is InChI=1S/C14H17BrN2O2/c1-3-14(4-2)8-12(18)17(13(14)19)11-6-5-9(16)7-10(11)15/h5-7H,3-4,8,16H2,1-2H3. The smallest absolute Gasteiger partial charge is 0.240 e. The first-order valence-electron chi connectivity index (χ1n) is 6.37. The Morgan fingerprint density at radius 3 is 2.42 bits per heavy atom. The molecule has 0 bridgehead atoms. The van der Waals surface area contributed by atoms with Gasteiger partial charge in [-0.25, -0.2) is 4.90 Å². The summed E-state index contributed by atoms with van der Waals surface area (Å²) in [5.41, 5.74) is 6.31. The average Bonchev–Trinajstić information content (AvgIpc) is 2.62. The number of nitrogens with zero attached hydrogens (tertiary/aromatic N) is 1. The molecule has 1 heterocycles. The first-order chi connectivity index (χ1) is 8.95. The SMILES string of the molecule is CCC1(CC)CC(=O)N(c2ccc(N)cc2Br)C1=O. The molecule has 0 radical (unpaired) electrons. The fourth-order valence-corrected chi connectivity index (χ4v) is 3.12. The highest BCUT2D eigenvalue weighted by atomic mass is 79.9. The number of imide groups is 1. The normalized spacial score (nSPS) is 18.2. The topological polar surface area (TPSA) is 63.4 Å². The van der Waals surface area contributed by atoms with Crippen molar-refractivity contribution >= 4 is 39.1 Å². The molecule has 0 aromatic heterocycles. The van der Waals surface area contributed by atoms with E-state index in [1.807, 2.05) is 13.8 Å². The third-order valence-electron chi connectivity index (χ3n) is 3.96. The molecule has 0 atom stereocenters. The highest BCUT2D eigenvalue weighted by molar-refractivity contribution is 9.10. The zero-order valence-corrected chi connectivity index (χ0v) is 12.7. The molecule has 1 aromatic carbocycles. The van der Waals surface area contributed by atoms with Gasteiger partial charge in [0.05, 0.1) is 11.1 Å². The van der Waals surface area contributed by atoms with E-state index in [1.165, 1.54) is 4.90 Å². The largest absolute Gasteiger partial charge is 0.399 e. The van der Waals surface area contributed by atoms with Crippen LogP contribution in [0, 0.1) is 5.41 Å². The summed E-state index contributed by atoms with van der Waals surface area (Å²) in [6.07, 6.45) is 1.64. The third-order valence-corrected chi connectivity index (χ3v) is 4.60. The Labute approximate surface area is 121 Å². The lowest BCUT2D eigenvalue weighted by Crippen LogP contribution is -2.35. The van der Waals surface area contributed by atoms with E-state index in [1.54, 1.807) is 18.2 Å². The molecule has 1 aliphatic heterocycles. The number of amides is 2. The van der Waals surface area contributed by atoms with E-state index >= 15 is 0 Å². The second kappa shape index (κ2) is 4.96. The van der Waals surface area contributed by atoms with E-state index in [2.05, 4.69) is 15.9 Å². The van der Waals surface area contributed by atoms with E-state index in [9.17, 15) is 9.59 Å². The van der Waals surface area contributed by atoms with Crippen LogP contribution in [-0.2, 0) is 9.59 Å². The molecule has 1 saturated heterocycles. The number of nitrogens with two attached hydrogens (primary N) is 1. The highest BCUT2D eigenvalue weighted by Gasteiger charge is 2.49. The minimum Gasteiger partial charge on any atom is -0.399 e. The van der Waals surface area contributed by atoms with Crippen LogP contribution in [0.4, 0.5) is 11.4 Å². The van der Waals surface area contributed by atoms with Gasteiger partial charge < -0.3 is 5.73 Å². The number of hydrogen-bond acceptors (Lipinski definition) is 3. The molecule has 0 unspecified atom stereocenters. The molecule has 4 nitrogen and oxygen atoms in total. The van der Waals surface area contributed by atoms with Gasteiger partial charge in [-0.05, 0) is 47.0 Å². The average molecular weight is 325 g/mol. The van der Waals surface area contributed by atoms with Crippen LogP contribution in [0.25, 0.3) is 0 Å². The zero-order chi connectivity index (χ0) is 14.2. The van der Waals surface area contributed by atoms with Crippen molar-refractivity contribution in [3.05, 3.63) is 22.7 Å². The van der Waals surface area contributed by atoms with Crippen LogP contribution in [0.2, 0.25) is 0 Å². The van der Waals surface area contributed by atoms with E-state index in [-0.39, 0.29) is 18.2 Å². The Hall–Kier alpha value is -1.36. The lowest BCUT2D eigenvalue weighted by atomic mass is 9.81. The second-order valence-electron chi connectivity index (χ2n) is 4.91. The van der Waals surface area contributed by atoms with Crippen LogP contribution in [0.5, 0.6) is 0 Å². The molecule has 1 aromatic rings. The quantitative estimate of drug-likeness (QED) is 0.686. The molecule has 2 N–H and O–H groups in total. The van der Waals surface area contributed by atoms with Gasteiger partial charge >= 0.3 is 0 Å². The van der Waals surface area contributed by atoms with E-state index < -0.39 is 5.41 Å². The van der Waals surface area contributed by atoms with Crippen LogP contribution in [0.3, 0.4) is 0 Å². The Balaban J connectivity index is 2.46. The van der Waals surface area contributed by atoms with Crippen molar-refractivity contribution in [3.63, 3.8) is 0 Å². The molecule has 19 heavy (non-hydrogen) atoms. The number of halogens is 1. The molecule has 0 aliphatic carbocycles. The number of carbonyl (C=O) groups excluding carboxylic acids is 2. The van der Waals surface area contributed by atoms with E-state index in [0.29, 0.717) is 28.7 Å².